The van der Waals surface area contributed by atoms with Gasteiger partial charge in [-0.2, -0.15) is 5.26 Å². The van der Waals surface area contributed by atoms with Crippen molar-refractivity contribution in [2.24, 2.45) is 0 Å². The molecule has 4 nitrogen and oxygen atoms in total. The maximum atomic E-state index is 12.2. The van der Waals surface area contributed by atoms with Crippen LogP contribution in [-0.4, -0.2) is 11.0 Å². The summed E-state index contributed by atoms with van der Waals surface area (Å²) in [5, 5.41) is 22.0. The van der Waals surface area contributed by atoms with Gasteiger partial charge in [-0.1, -0.05) is 17.7 Å². The highest BCUT2D eigenvalue weighted by molar-refractivity contribution is 9.11. The van der Waals surface area contributed by atoms with E-state index in [9.17, 15) is 15.2 Å². The molecule has 0 saturated heterocycles. The third-order valence-electron chi connectivity index (χ3n) is 2.80. The second-order valence-electron chi connectivity index (χ2n) is 4.47. The molecule has 2 rings (SSSR count). The van der Waals surface area contributed by atoms with Crippen LogP contribution < -0.4 is 5.32 Å². The lowest BCUT2D eigenvalue weighted by molar-refractivity contribution is -0.112. The van der Waals surface area contributed by atoms with Crippen LogP contribution in [0.4, 0.5) is 5.69 Å². The zero-order chi connectivity index (χ0) is 17.0. The van der Waals surface area contributed by atoms with E-state index in [1.165, 1.54) is 6.08 Å². The highest BCUT2D eigenvalue weighted by Crippen LogP contribution is 2.34. The summed E-state index contributed by atoms with van der Waals surface area (Å²) in [6, 6.07) is 11.7. The first-order valence-electron chi connectivity index (χ1n) is 6.27. The number of hydrogen-bond donors (Lipinski definition) is 2. The molecule has 2 aromatic rings. The maximum Gasteiger partial charge on any atom is 0.266 e. The lowest BCUT2D eigenvalue weighted by Crippen LogP contribution is -2.13. The number of halogens is 3. The SMILES string of the molecule is N#C/C(=C\c1cc(Br)c(O)c(Br)c1)C(=O)Nc1cccc(Cl)c1. The topological polar surface area (TPSA) is 73.1 Å². The van der Waals surface area contributed by atoms with Crippen molar-refractivity contribution in [3.63, 3.8) is 0 Å². The van der Waals surface area contributed by atoms with Gasteiger partial charge in [0.2, 0.25) is 0 Å². The van der Waals surface area contributed by atoms with Gasteiger partial charge in [0.15, 0.2) is 0 Å². The first-order valence-corrected chi connectivity index (χ1v) is 8.24. The van der Waals surface area contributed by atoms with Gasteiger partial charge in [0.25, 0.3) is 5.91 Å². The number of nitrogens with one attached hydrogen (secondary N) is 1. The highest BCUT2D eigenvalue weighted by atomic mass is 79.9. The second-order valence-corrected chi connectivity index (χ2v) is 6.61. The van der Waals surface area contributed by atoms with Crippen molar-refractivity contribution in [3.8, 4) is 11.8 Å². The number of carbonyl (C=O) groups excluding carboxylic acids is 1. The van der Waals surface area contributed by atoms with Gasteiger partial charge in [-0.25, -0.2) is 0 Å². The average molecular weight is 457 g/mol. The van der Waals surface area contributed by atoms with Crippen molar-refractivity contribution >= 4 is 61.1 Å². The highest BCUT2D eigenvalue weighted by Gasteiger charge is 2.11. The molecule has 0 fully saturated rings. The zero-order valence-electron chi connectivity index (χ0n) is 11.5. The van der Waals surface area contributed by atoms with Gasteiger partial charge in [-0.05, 0) is 73.8 Å². The molecular formula is C16H9Br2ClN2O2. The minimum absolute atomic E-state index is 0.0454. The van der Waals surface area contributed by atoms with E-state index in [2.05, 4.69) is 37.2 Å². The number of aromatic hydroxyl groups is 1. The van der Waals surface area contributed by atoms with Crippen molar-refractivity contribution in [2.75, 3.05) is 5.32 Å². The van der Waals surface area contributed by atoms with E-state index in [1.54, 1.807) is 36.4 Å². The Labute approximate surface area is 154 Å². The Kier molecular flexibility index (Phi) is 5.83. The zero-order valence-corrected chi connectivity index (χ0v) is 15.4. The molecule has 0 aliphatic heterocycles. The summed E-state index contributed by atoms with van der Waals surface area (Å²) < 4.78 is 0.899. The molecule has 0 heterocycles. The fourth-order valence-corrected chi connectivity index (χ4v) is 3.16. The van der Waals surface area contributed by atoms with Crippen LogP contribution in [0.15, 0.2) is 50.9 Å². The van der Waals surface area contributed by atoms with Crippen molar-refractivity contribution in [1.29, 1.82) is 5.26 Å². The van der Waals surface area contributed by atoms with Crippen LogP contribution >= 0.6 is 43.5 Å². The third kappa shape index (κ3) is 4.58. The van der Waals surface area contributed by atoms with Crippen molar-refractivity contribution in [2.45, 2.75) is 0 Å². The first kappa shape index (κ1) is 17.5. The van der Waals surface area contributed by atoms with Gasteiger partial charge in [0.1, 0.15) is 17.4 Å². The van der Waals surface area contributed by atoms with E-state index in [4.69, 9.17) is 11.6 Å². The van der Waals surface area contributed by atoms with E-state index in [0.29, 0.717) is 25.2 Å². The summed E-state index contributed by atoms with van der Waals surface area (Å²) >= 11 is 12.3. The molecule has 1 amide bonds. The van der Waals surface area contributed by atoms with Gasteiger partial charge in [0, 0.05) is 10.7 Å². The Balaban J connectivity index is 2.28. The van der Waals surface area contributed by atoms with Crippen LogP contribution in [0.5, 0.6) is 5.75 Å². The van der Waals surface area contributed by atoms with E-state index in [1.807, 2.05) is 6.07 Å². The number of rotatable bonds is 3. The number of anilines is 1. The molecule has 2 N–H and O–H groups in total. The Hall–Kier alpha value is -1.81. The fourth-order valence-electron chi connectivity index (χ4n) is 1.75. The minimum Gasteiger partial charge on any atom is -0.506 e. The van der Waals surface area contributed by atoms with Gasteiger partial charge < -0.3 is 10.4 Å². The molecule has 0 spiro atoms. The molecular weight excluding hydrogens is 447 g/mol. The maximum absolute atomic E-state index is 12.2. The summed E-state index contributed by atoms with van der Waals surface area (Å²) in [7, 11) is 0. The number of nitrogens with zero attached hydrogens (tertiary/aromatic N) is 1. The number of carbonyl (C=O) groups is 1. The third-order valence-corrected chi connectivity index (χ3v) is 4.24. The normalized spacial score (nSPS) is 11.0. The van der Waals surface area contributed by atoms with Gasteiger partial charge >= 0.3 is 0 Å². The quantitative estimate of drug-likeness (QED) is 0.498. The van der Waals surface area contributed by atoms with Gasteiger partial charge in [-0.15, -0.1) is 0 Å². The Morgan fingerprint density at radius 3 is 2.48 bits per heavy atom. The van der Waals surface area contributed by atoms with Crippen molar-refractivity contribution in [1.82, 2.24) is 0 Å². The molecule has 0 aliphatic rings. The van der Waals surface area contributed by atoms with Crippen LogP contribution in [0.3, 0.4) is 0 Å². The van der Waals surface area contributed by atoms with E-state index in [-0.39, 0.29) is 11.3 Å². The first-order chi connectivity index (χ1) is 10.9. The number of hydrogen-bond acceptors (Lipinski definition) is 3. The fraction of sp³-hybridized carbons (Fsp3) is 0. The average Bonchev–Trinajstić information content (AvgIpc) is 2.50. The van der Waals surface area contributed by atoms with Crippen LogP contribution in [0.25, 0.3) is 6.08 Å². The molecule has 116 valence electrons. The standard InChI is InChI=1S/C16H9Br2ClN2O2/c17-13-5-9(6-14(18)15(13)22)4-10(8-20)16(23)21-12-3-1-2-11(19)7-12/h1-7,22H,(H,21,23)/b10-4+. The lowest BCUT2D eigenvalue weighted by Gasteiger charge is -2.06. The molecule has 2 aromatic carbocycles. The van der Waals surface area contributed by atoms with Gasteiger partial charge in [0.05, 0.1) is 8.95 Å². The summed E-state index contributed by atoms with van der Waals surface area (Å²) in [6.45, 7) is 0. The van der Waals surface area contributed by atoms with Gasteiger partial charge in [-0.3, -0.25) is 4.79 Å². The predicted molar refractivity (Wildman–Crippen MR) is 97.2 cm³/mol. The molecule has 0 radical (unpaired) electrons. The number of phenols is 1. The van der Waals surface area contributed by atoms with Crippen LogP contribution in [0, 0.1) is 11.3 Å². The molecule has 0 atom stereocenters. The molecule has 0 unspecified atom stereocenters. The molecule has 0 bridgehead atoms. The summed E-state index contributed by atoms with van der Waals surface area (Å²) in [4.78, 5) is 12.2. The van der Waals surface area contributed by atoms with Crippen LogP contribution in [0.2, 0.25) is 5.02 Å². The summed E-state index contributed by atoms with van der Waals surface area (Å²) in [5.74, 6) is -0.501. The van der Waals surface area contributed by atoms with Crippen LogP contribution in [-0.2, 0) is 4.79 Å². The van der Waals surface area contributed by atoms with E-state index < -0.39 is 5.91 Å². The monoisotopic (exact) mass is 454 g/mol. The minimum atomic E-state index is -0.546. The Morgan fingerprint density at radius 2 is 1.91 bits per heavy atom. The smallest absolute Gasteiger partial charge is 0.266 e. The summed E-state index contributed by atoms with van der Waals surface area (Å²) in [5.41, 5.74) is 1.01. The van der Waals surface area contributed by atoms with E-state index >= 15 is 0 Å². The number of nitriles is 1. The molecule has 0 saturated carbocycles. The second kappa shape index (κ2) is 7.64. The van der Waals surface area contributed by atoms with Crippen LogP contribution in [0.1, 0.15) is 5.56 Å². The summed E-state index contributed by atoms with van der Waals surface area (Å²) in [6.07, 6.45) is 1.43. The number of amides is 1. The van der Waals surface area contributed by atoms with E-state index in [0.717, 1.165) is 0 Å². The molecule has 0 aromatic heterocycles. The van der Waals surface area contributed by atoms with Crippen molar-refractivity contribution in [3.05, 3.63) is 61.5 Å². The molecule has 7 heteroatoms. The number of benzene rings is 2. The Bertz CT molecular complexity index is 821. The van der Waals surface area contributed by atoms with Crippen molar-refractivity contribution < 1.29 is 9.90 Å². The molecule has 23 heavy (non-hydrogen) atoms. The largest absolute Gasteiger partial charge is 0.506 e. The number of phenolic OH excluding ortho intramolecular Hbond substituents is 1. The molecule has 0 aliphatic carbocycles. The predicted octanol–water partition coefficient (Wildman–Crippen LogP) is 5.12. The Morgan fingerprint density at radius 1 is 1.26 bits per heavy atom. The lowest BCUT2D eigenvalue weighted by atomic mass is 10.1.